The molecule has 2 aromatic carbocycles. The zero-order valence-corrected chi connectivity index (χ0v) is 14.9. The van der Waals surface area contributed by atoms with Crippen LogP contribution >= 0.6 is 11.6 Å². The van der Waals surface area contributed by atoms with Crippen molar-refractivity contribution in [2.24, 2.45) is 0 Å². The number of hydrogen-bond donors (Lipinski definition) is 0. The summed E-state index contributed by atoms with van der Waals surface area (Å²) in [6, 6.07) is 19.3. The lowest BCUT2D eigenvalue weighted by Gasteiger charge is -2.05. The number of benzene rings is 2. The van der Waals surface area contributed by atoms with E-state index >= 15 is 0 Å². The highest BCUT2D eigenvalue weighted by molar-refractivity contribution is 6.83. The second-order valence-corrected chi connectivity index (χ2v) is 11.9. The van der Waals surface area contributed by atoms with Crippen LogP contribution in [0.15, 0.2) is 54.6 Å². The van der Waals surface area contributed by atoms with Crippen molar-refractivity contribution >= 4 is 25.4 Å². The molecule has 1 saturated heterocycles. The minimum atomic E-state index is -1.36. The van der Waals surface area contributed by atoms with Gasteiger partial charge < -0.3 is 4.90 Å². The number of anilines is 1. The van der Waals surface area contributed by atoms with Gasteiger partial charge in [-0.2, -0.15) is 0 Å². The summed E-state index contributed by atoms with van der Waals surface area (Å²) in [5, 5.41) is 0.778. The van der Waals surface area contributed by atoms with Crippen LogP contribution in [-0.4, -0.2) is 14.1 Å². The first-order chi connectivity index (χ1) is 10.5. The van der Waals surface area contributed by atoms with E-state index in [0.29, 0.717) is 6.04 Å². The molecule has 0 bridgehead atoms. The van der Waals surface area contributed by atoms with E-state index < -0.39 is 8.07 Å². The van der Waals surface area contributed by atoms with Gasteiger partial charge in [0.05, 0.1) is 6.04 Å². The fourth-order valence-corrected chi connectivity index (χ4v) is 3.30. The second kappa shape index (κ2) is 5.83. The van der Waals surface area contributed by atoms with Crippen molar-refractivity contribution in [1.29, 1.82) is 0 Å². The number of nitrogens with zero attached hydrogens (tertiary/aromatic N) is 1. The molecule has 112 valence electrons. The van der Waals surface area contributed by atoms with E-state index in [1.54, 1.807) is 0 Å². The van der Waals surface area contributed by atoms with Gasteiger partial charge in [-0.05, 0) is 29.8 Å². The summed E-state index contributed by atoms with van der Waals surface area (Å²) < 4.78 is 0. The van der Waals surface area contributed by atoms with Crippen LogP contribution in [0, 0.1) is 11.5 Å². The maximum Gasteiger partial charge on any atom is 0.129 e. The molecular formula is C19H20ClNSi. The summed E-state index contributed by atoms with van der Waals surface area (Å²) in [4.78, 5) is 2.39. The quantitative estimate of drug-likeness (QED) is 0.419. The third-order valence-electron chi connectivity index (χ3n) is 3.67. The van der Waals surface area contributed by atoms with Crippen LogP contribution in [0.1, 0.15) is 11.6 Å². The molecule has 3 rings (SSSR count). The summed E-state index contributed by atoms with van der Waals surface area (Å²) in [6.07, 6.45) is 0. The van der Waals surface area contributed by atoms with Crippen LogP contribution in [-0.2, 0) is 0 Å². The minimum absolute atomic E-state index is 0.273. The van der Waals surface area contributed by atoms with E-state index in [0.717, 1.165) is 5.02 Å². The first-order valence-electron chi connectivity index (χ1n) is 7.57. The van der Waals surface area contributed by atoms with E-state index in [4.69, 9.17) is 11.6 Å². The molecule has 0 saturated carbocycles. The van der Waals surface area contributed by atoms with E-state index in [-0.39, 0.29) is 6.04 Å². The normalized spacial score (nSPS) is 20.3. The standard InChI is InChI=1S/C19H20ClNSi/c1-22(2,3)14-13-18-19(15-9-11-16(20)12-10-15)21(18)17-7-5-4-6-8-17/h4-12,18-19H,1-3H3/t18-,19+,21?/m0/s1. The molecule has 1 aliphatic rings. The molecule has 2 atom stereocenters. The fraction of sp³-hybridized carbons (Fsp3) is 0.263. The van der Waals surface area contributed by atoms with Crippen LogP contribution in [0.2, 0.25) is 24.7 Å². The molecule has 0 aliphatic carbocycles. The largest absolute Gasteiger partial charge is 0.345 e. The van der Waals surface area contributed by atoms with Gasteiger partial charge in [-0.25, -0.2) is 0 Å². The average molecular weight is 326 g/mol. The first-order valence-corrected chi connectivity index (χ1v) is 11.4. The van der Waals surface area contributed by atoms with Crippen molar-refractivity contribution in [1.82, 2.24) is 0 Å². The van der Waals surface area contributed by atoms with Gasteiger partial charge in [-0.3, -0.25) is 0 Å². The van der Waals surface area contributed by atoms with Crippen LogP contribution in [0.25, 0.3) is 0 Å². The Morgan fingerprint density at radius 1 is 0.955 bits per heavy atom. The Bertz CT molecular complexity index is 707. The molecule has 2 aromatic rings. The van der Waals surface area contributed by atoms with Crippen LogP contribution in [0.5, 0.6) is 0 Å². The SMILES string of the molecule is C[Si](C)(C)C#C[C@H]1[C@@H](c2ccc(Cl)cc2)N1c1ccccc1. The Balaban J connectivity index is 1.91. The van der Waals surface area contributed by atoms with Gasteiger partial charge in [-0.15, -0.1) is 5.54 Å². The van der Waals surface area contributed by atoms with Crippen molar-refractivity contribution < 1.29 is 0 Å². The van der Waals surface area contributed by atoms with Gasteiger partial charge in [0.15, 0.2) is 0 Å². The van der Waals surface area contributed by atoms with Crippen LogP contribution in [0.4, 0.5) is 5.69 Å². The number of rotatable bonds is 2. The Morgan fingerprint density at radius 3 is 2.18 bits per heavy atom. The van der Waals surface area contributed by atoms with Gasteiger partial charge in [0.2, 0.25) is 0 Å². The molecule has 0 N–H and O–H groups in total. The van der Waals surface area contributed by atoms with Crippen molar-refractivity contribution in [3.05, 3.63) is 65.2 Å². The summed E-state index contributed by atoms with van der Waals surface area (Å²) in [7, 11) is -1.36. The molecule has 1 aliphatic heterocycles. The average Bonchev–Trinajstić information content (AvgIpc) is 3.20. The smallest absolute Gasteiger partial charge is 0.129 e. The molecule has 0 radical (unpaired) electrons. The molecule has 3 heteroatoms. The third kappa shape index (κ3) is 3.38. The molecule has 0 aromatic heterocycles. The zero-order valence-electron chi connectivity index (χ0n) is 13.2. The van der Waals surface area contributed by atoms with E-state index in [1.807, 2.05) is 18.2 Å². The lowest BCUT2D eigenvalue weighted by Crippen LogP contribution is -2.17. The number of halogens is 1. The maximum atomic E-state index is 6.01. The summed E-state index contributed by atoms with van der Waals surface area (Å²) in [6.45, 7) is 6.85. The van der Waals surface area contributed by atoms with Crippen LogP contribution < -0.4 is 4.90 Å². The van der Waals surface area contributed by atoms with Crippen molar-refractivity contribution in [3.63, 3.8) is 0 Å². The predicted octanol–water partition coefficient (Wildman–Crippen LogP) is 5.15. The van der Waals surface area contributed by atoms with Crippen molar-refractivity contribution in [3.8, 4) is 11.5 Å². The number of hydrogen-bond acceptors (Lipinski definition) is 1. The second-order valence-electron chi connectivity index (χ2n) is 6.70. The zero-order chi connectivity index (χ0) is 15.7. The highest BCUT2D eigenvalue weighted by Crippen LogP contribution is 2.46. The molecular weight excluding hydrogens is 306 g/mol. The summed E-state index contributed by atoms with van der Waals surface area (Å²) >= 11 is 6.01. The molecule has 0 unspecified atom stereocenters. The summed E-state index contributed by atoms with van der Waals surface area (Å²) in [5.74, 6) is 3.51. The monoisotopic (exact) mass is 325 g/mol. The van der Waals surface area contributed by atoms with Crippen molar-refractivity contribution in [2.45, 2.75) is 31.7 Å². The molecule has 1 nitrogen and oxygen atoms in total. The van der Waals surface area contributed by atoms with E-state index in [2.05, 4.69) is 72.4 Å². The Kier molecular flexibility index (Phi) is 4.03. The van der Waals surface area contributed by atoms with Crippen molar-refractivity contribution in [2.75, 3.05) is 4.90 Å². The van der Waals surface area contributed by atoms with Gasteiger partial charge in [-0.1, -0.05) is 67.5 Å². The number of para-hydroxylation sites is 1. The first kappa shape index (κ1) is 15.2. The molecule has 0 amide bonds. The lowest BCUT2D eigenvalue weighted by molar-refractivity contribution is 1.10. The topological polar surface area (TPSA) is 3.01 Å². The van der Waals surface area contributed by atoms with Gasteiger partial charge >= 0.3 is 0 Å². The van der Waals surface area contributed by atoms with Gasteiger partial charge in [0, 0.05) is 10.7 Å². The predicted molar refractivity (Wildman–Crippen MR) is 98.0 cm³/mol. The Labute approximate surface area is 138 Å². The minimum Gasteiger partial charge on any atom is -0.345 e. The Morgan fingerprint density at radius 2 is 1.59 bits per heavy atom. The fourth-order valence-electron chi connectivity index (χ4n) is 2.59. The molecule has 1 fully saturated rings. The highest BCUT2D eigenvalue weighted by atomic mass is 35.5. The Hall–Kier alpha value is -1.69. The molecule has 0 spiro atoms. The lowest BCUT2D eigenvalue weighted by atomic mass is 10.1. The van der Waals surface area contributed by atoms with E-state index in [1.165, 1.54) is 11.3 Å². The van der Waals surface area contributed by atoms with Gasteiger partial charge in [0.25, 0.3) is 0 Å². The third-order valence-corrected chi connectivity index (χ3v) is 4.82. The molecule has 22 heavy (non-hydrogen) atoms. The maximum absolute atomic E-state index is 6.01. The highest BCUT2D eigenvalue weighted by Gasteiger charge is 2.47. The summed E-state index contributed by atoms with van der Waals surface area (Å²) in [5.41, 5.74) is 6.03. The van der Waals surface area contributed by atoms with Crippen LogP contribution in [0.3, 0.4) is 0 Å². The van der Waals surface area contributed by atoms with E-state index in [9.17, 15) is 0 Å². The van der Waals surface area contributed by atoms with Gasteiger partial charge in [0.1, 0.15) is 14.1 Å². The molecule has 1 heterocycles.